The average molecular weight is 515 g/mol. The van der Waals surface area contributed by atoms with Gasteiger partial charge in [-0.05, 0) is 30.5 Å². The Labute approximate surface area is 188 Å². The largest absolute Gasteiger partial charge is 0.356 e. The molecule has 0 fully saturated rings. The van der Waals surface area contributed by atoms with E-state index in [9.17, 15) is 4.79 Å². The number of aryl methyl sites for hydroxylation is 1. The van der Waals surface area contributed by atoms with Crippen molar-refractivity contribution in [1.29, 1.82) is 0 Å². The maximum atomic E-state index is 12.1. The summed E-state index contributed by atoms with van der Waals surface area (Å²) in [6.45, 7) is 6.25. The minimum atomic E-state index is -0.0314. The Bertz CT molecular complexity index is 763. The summed E-state index contributed by atoms with van der Waals surface area (Å²) in [5.41, 5.74) is 1.72. The molecule has 1 amide bonds. The van der Waals surface area contributed by atoms with Crippen LogP contribution >= 0.6 is 35.3 Å². The molecule has 2 aromatic rings. The van der Waals surface area contributed by atoms with Crippen molar-refractivity contribution >= 4 is 47.2 Å². The van der Waals surface area contributed by atoms with Crippen molar-refractivity contribution in [3.63, 3.8) is 0 Å². The van der Waals surface area contributed by atoms with Crippen LogP contribution in [0.3, 0.4) is 0 Å². The van der Waals surface area contributed by atoms with Crippen LogP contribution in [0, 0.1) is 0 Å². The number of amides is 1. The van der Waals surface area contributed by atoms with Gasteiger partial charge >= 0.3 is 0 Å². The average Bonchev–Trinajstić information content (AvgIpc) is 3.17. The number of nitrogens with zero attached hydrogens (tertiary/aromatic N) is 2. The summed E-state index contributed by atoms with van der Waals surface area (Å²) in [7, 11) is 1.75. The van der Waals surface area contributed by atoms with Crippen molar-refractivity contribution in [3.8, 4) is 0 Å². The van der Waals surface area contributed by atoms with Crippen molar-refractivity contribution < 1.29 is 4.79 Å². The zero-order chi connectivity index (χ0) is 19.5. The Morgan fingerprint density at radius 1 is 1.18 bits per heavy atom. The number of hydrogen-bond donors (Lipinski definition) is 3. The van der Waals surface area contributed by atoms with Crippen LogP contribution in [-0.2, 0) is 19.4 Å². The number of guanidine groups is 1. The zero-order valence-electron chi connectivity index (χ0n) is 16.7. The van der Waals surface area contributed by atoms with Gasteiger partial charge < -0.3 is 16.0 Å². The standard InChI is InChI=1S/C20H29N5OS.HI/c1-4-10-22-19(26)16-8-6-7-15(12-16)13-25-20(21-3)23-11-9-18-24-14-17(5-2)27-18;/h6-8,12,14H,4-5,9-11,13H2,1-3H3,(H,22,26)(H2,21,23,25);1H. The summed E-state index contributed by atoms with van der Waals surface area (Å²) in [5.74, 6) is 0.708. The molecule has 0 unspecified atom stereocenters. The fourth-order valence-corrected chi connectivity index (χ4v) is 3.35. The molecule has 0 aliphatic heterocycles. The smallest absolute Gasteiger partial charge is 0.251 e. The van der Waals surface area contributed by atoms with Gasteiger partial charge in [0.1, 0.15) is 0 Å². The molecule has 28 heavy (non-hydrogen) atoms. The minimum Gasteiger partial charge on any atom is -0.356 e. The molecular weight excluding hydrogens is 485 g/mol. The van der Waals surface area contributed by atoms with Crippen LogP contribution in [0.2, 0.25) is 0 Å². The Morgan fingerprint density at radius 2 is 2.00 bits per heavy atom. The second-order valence-electron chi connectivity index (χ2n) is 6.13. The Kier molecular flexibility index (Phi) is 11.7. The Hall–Kier alpha value is -1.68. The monoisotopic (exact) mass is 515 g/mol. The van der Waals surface area contributed by atoms with Crippen LogP contribution in [0.15, 0.2) is 35.5 Å². The summed E-state index contributed by atoms with van der Waals surface area (Å²) in [6.07, 6.45) is 4.79. The van der Waals surface area contributed by atoms with Crippen molar-refractivity contribution in [3.05, 3.63) is 51.5 Å². The van der Waals surface area contributed by atoms with Gasteiger partial charge in [0.25, 0.3) is 5.91 Å². The summed E-state index contributed by atoms with van der Waals surface area (Å²) in [4.78, 5) is 22.1. The molecule has 1 aromatic carbocycles. The maximum absolute atomic E-state index is 12.1. The molecule has 0 radical (unpaired) electrons. The molecule has 8 heteroatoms. The van der Waals surface area contributed by atoms with Crippen molar-refractivity contribution in [2.45, 2.75) is 39.7 Å². The second-order valence-corrected chi connectivity index (χ2v) is 7.33. The molecule has 1 aromatic heterocycles. The third kappa shape index (κ3) is 8.14. The highest BCUT2D eigenvalue weighted by Crippen LogP contribution is 2.13. The van der Waals surface area contributed by atoms with Gasteiger partial charge in [-0.1, -0.05) is 26.0 Å². The summed E-state index contributed by atoms with van der Waals surface area (Å²) in [5, 5.41) is 10.6. The maximum Gasteiger partial charge on any atom is 0.251 e. The topological polar surface area (TPSA) is 78.4 Å². The fraction of sp³-hybridized carbons (Fsp3) is 0.450. The number of aromatic nitrogens is 1. The molecule has 0 bridgehead atoms. The van der Waals surface area contributed by atoms with E-state index in [1.807, 2.05) is 37.4 Å². The van der Waals surface area contributed by atoms with Crippen LogP contribution in [0.5, 0.6) is 0 Å². The summed E-state index contributed by atoms with van der Waals surface area (Å²) < 4.78 is 0. The number of hydrogen-bond acceptors (Lipinski definition) is 4. The van der Waals surface area contributed by atoms with E-state index >= 15 is 0 Å². The lowest BCUT2D eigenvalue weighted by molar-refractivity contribution is 0.0953. The molecular formula is C20H30IN5OS. The van der Waals surface area contributed by atoms with Gasteiger partial charge in [-0.15, -0.1) is 35.3 Å². The SMILES string of the molecule is CCCNC(=O)c1cccc(CNC(=NC)NCCc2ncc(CC)s2)c1.I. The molecule has 3 N–H and O–H groups in total. The summed E-state index contributed by atoms with van der Waals surface area (Å²) in [6, 6.07) is 7.65. The normalized spacial score (nSPS) is 10.9. The van der Waals surface area contributed by atoms with Crippen LogP contribution in [0.4, 0.5) is 0 Å². The van der Waals surface area contributed by atoms with Gasteiger partial charge in [0.15, 0.2) is 5.96 Å². The number of rotatable bonds is 9. The number of nitrogens with one attached hydrogen (secondary N) is 3. The van der Waals surface area contributed by atoms with Crippen LogP contribution < -0.4 is 16.0 Å². The lowest BCUT2D eigenvalue weighted by Crippen LogP contribution is -2.37. The number of halogens is 1. The van der Waals surface area contributed by atoms with Gasteiger partial charge in [-0.2, -0.15) is 0 Å². The first-order chi connectivity index (χ1) is 13.2. The van der Waals surface area contributed by atoms with E-state index in [2.05, 4.69) is 32.9 Å². The number of thiazole rings is 1. The zero-order valence-corrected chi connectivity index (χ0v) is 19.9. The lowest BCUT2D eigenvalue weighted by Gasteiger charge is -2.12. The van der Waals surface area contributed by atoms with Gasteiger partial charge in [0, 0.05) is 49.7 Å². The van der Waals surface area contributed by atoms with E-state index in [0.29, 0.717) is 18.7 Å². The second kappa shape index (κ2) is 13.5. The highest BCUT2D eigenvalue weighted by molar-refractivity contribution is 14.0. The molecule has 1 heterocycles. The first kappa shape index (κ1) is 24.4. The van der Waals surface area contributed by atoms with Gasteiger partial charge in [-0.25, -0.2) is 4.98 Å². The van der Waals surface area contributed by atoms with Gasteiger partial charge in [0.2, 0.25) is 0 Å². The highest BCUT2D eigenvalue weighted by Gasteiger charge is 2.06. The molecule has 0 saturated heterocycles. The van der Waals surface area contributed by atoms with E-state index in [1.165, 1.54) is 4.88 Å². The third-order valence-electron chi connectivity index (χ3n) is 3.99. The Balaban J connectivity index is 0.00000392. The fourth-order valence-electron chi connectivity index (χ4n) is 2.48. The molecule has 154 valence electrons. The van der Waals surface area contributed by atoms with Gasteiger partial charge in [0.05, 0.1) is 5.01 Å². The van der Waals surface area contributed by atoms with Crippen LogP contribution in [0.1, 0.15) is 46.1 Å². The molecule has 0 aliphatic rings. The number of benzene rings is 1. The van der Waals surface area contributed by atoms with E-state index in [4.69, 9.17) is 0 Å². The predicted molar refractivity (Wildman–Crippen MR) is 128 cm³/mol. The van der Waals surface area contributed by atoms with E-state index in [-0.39, 0.29) is 29.9 Å². The van der Waals surface area contributed by atoms with Crippen molar-refractivity contribution in [2.24, 2.45) is 4.99 Å². The quantitative estimate of drug-likeness (QED) is 0.272. The first-order valence-electron chi connectivity index (χ1n) is 9.41. The molecule has 0 spiro atoms. The van der Waals surface area contributed by atoms with Gasteiger partial charge in [-0.3, -0.25) is 9.79 Å². The number of carbonyl (C=O) groups excluding carboxylic acids is 1. The van der Waals surface area contributed by atoms with E-state index in [0.717, 1.165) is 42.3 Å². The predicted octanol–water partition coefficient (Wildman–Crippen LogP) is 3.37. The van der Waals surface area contributed by atoms with Crippen molar-refractivity contribution in [2.75, 3.05) is 20.1 Å². The van der Waals surface area contributed by atoms with Crippen molar-refractivity contribution in [1.82, 2.24) is 20.9 Å². The Morgan fingerprint density at radius 3 is 2.68 bits per heavy atom. The lowest BCUT2D eigenvalue weighted by atomic mass is 10.1. The number of aliphatic imine (C=N–C) groups is 1. The van der Waals surface area contributed by atoms with Crippen LogP contribution in [-0.4, -0.2) is 37.0 Å². The number of carbonyl (C=O) groups is 1. The molecule has 0 saturated carbocycles. The minimum absolute atomic E-state index is 0. The van der Waals surface area contributed by atoms with E-state index < -0.39 is 0 Å². The molecule has 2 rings (SSSR count). The molecule has 0 atom stereocenters. The first-order valence-corrected chi connectivity index (χ1v) is 10.2. The van der Waals surface area contributed by atoms with E-state index in [1.54, 1.807) is 18.4 Å². The van der Waals surface area contributed by atoms with Crippen LogP contribution in [0.25, 0.3) is 0 Å². The highest BCUT2D eigenvalue weighted by atomic mass is 127. The third-order valence-corrected chi connectivity index (χ3v) is 5.19. The molecule has 6 nitrogen and oxygen atoms in total. The summed E-state index contributed by atoms with van der Waals surface area (Å²) >= 11 is 1.76. The molecule has 0 aliphatic carbocycles.